The average molecular weight is 567 g/mol. The first kappa shape index (κ1) is 27.3. The first-order valence-electron chi connectivity index (χ1n) is 12.9. The molecule has 0 spiro atoms. The monoisotopic (exact) mass is 566 g/mol. The minimum atomic E-state index is -3.54. The molecule has 0 unspecified atom stereocenters. The largest absolute Gasteiger partial charge is 0.493 e. The predicted molar refractivity (Wildman–Crippen MR) is 146 cm³/mol. The highest BCUT2D eigenvalue weighted by Crippen LogP contribution is 2.31. The van der Waals surface area contributed by atoms with Crippen LogP contribution in [0.2, 0.25) is 0 Å². The second kappa shape index (κ2) is 11.9. The van der Waals surface area contributed by atoms with Crippen molar-refractivity contribution >= 4 is 21.6 Å². The molecule has 0 aliphatic carbocycles. The van der Waals surface area contributed by atoms with Crippen LogP contribution in [0.15, 0.2) is 59.5 Å². The SMILES string of the molecule is COc1ccc(-c2nnc3ccc(OCCNC(=O)c4ccc(S(=O)(=O)N5CCCCC5)cc4)nn23)cc1OC. The third kappa shape index (κ3) is 5.70. The number of nitrogens with one attached hydrogen (secondary N) is 1. The van der Waals surface area contributed by atoms with Gasteiger partial charge in [0.15, 0.2) is 23.0 Å². The molecule has 2 aromatic carbocycles. The fourth-order valence-electron chi connectivity index (χ4n) is 4.46. The van der Waals surface area contributed by atoms with Crippen molar-refractivity contribution in [3.63, 3.8) is 0 Å². The number of aromatic nitrogens is 4. The summed E-state index contributed by atoms with van der Waals surface area (Å²) in [6.07, 6.45) is 2.77. The highest BCUT2D eigenvalue weighted by molar-refractivity contribution is 7.89. The fraction of sp³-hybridized carbons (Fsp3) is 0.333. The normalized spacial score (nSPS) is 14.2. The van der Waals surface area contributed by atoms with Gasteiger partial charge in [-0.2, -0.15) is 8.82 Å². The Morgan fingerprint density at radius 2 is 1.68 bits per heavy atom. The van der Waals surface area contributed by atoms with Crippen LogP contribution in [-0.4, -0.2) is 78.9 Å². The maximum absolute atomic E-state index is 12.8. The number of fused-ring (bicyclic) bond motifs is 1. The lowest BCUT2D eigenvalue weighted by atomic mass is 10.2. The molecule has 210 valence electrons. The molecule has 40 heavy (non-hydrogen) atoms. The molecular formula is C27H30N6O6S. The second-order valence-corrected chi connectivity index (χ2v) is 11.1. The Bertz CT molecular complexity index is 1600. The molecular weight excluding hydrogens is 536 g/mol. The number of carbonyl (C=O) groups is 1. The van der Waals surface area contributed by atoms with Crippen molar-refractivity contribution in [1.29, 1.82) is 0 Å². The Kier molecular flexibility index (Phi) is 8.12. The van der Waals surface area contributed by atoms with E-state index in [0.29, 0.717) is 47.5 Å². The summed E-state index contributed by atoms with van der Waals surface area (Å²) in [5, 5.41) is 15.7. The van der Waals surface area contributed by atoms with Crippen LogP contribution in [0.1, 0.15) is 29.6 Å². The Hall–Kier alpha value is -4.23. The number of nitrogens with zero attached hydrogens (tertiary/aromatic N) is 5. The first-order chi connectivity index (χ1) is 19.4. The van der Waals surface area contributed by atoms with Crippen LogP contribution in [0.25, 0.3) is 17.0 Å². The standard InChI is InChI=1S/C27H30N6O6S/c1-37-22-11-8-20(18-23(22)38-2)26-30-29-24-12-13-25(31-33(24)26)39-17-14-28-27(34)19-6-9-21(10-7-19)40(35,36)32-15-4-3-5-16-32/h6-13,18H,3-5,14-17H2,1-2H3,(H,28,34). The predicted octanol–water partition coefficient (Wildman–Crippen LogP) is 2.79. The van der Waals surface area contributed by atoms with E-state index in [9.17, 15) is 13.2 Å². The smallest absolute Gasteiger partial charge is 0.251 e. The zero-order chi connectivity index (χ0) is 28.1. The third-order valence-corrected chi connectivity index (χ3v) is 8.50. The lowest BCUT2D eigenvalue weighted by Crippen LogP contribution is -2.35. The molecule has 0 bridgehead atoms. The van der Waals surface area contributed by atoms with Gasteiger partial charge in [-0.15, -0.1) is 15.3 Å². The van der Waals surface area contributed by atoms with Crippen molar-refractivity contribution in [3.05, 3.63) is 60.2 Å². The van der Waals surface area contributed by atoms with Gasteiger partial charge in [0, 0.05) is 30.3 Å². The van der Waals surface area contributed by atoms with Crippen LogP contribution in [-0.2, 0) is 10.0 Å². The van der Waals surface area contributed by atoms with Crippen molar-refractivity contribution < 1.29 is 27.4 Å². The quantitative estimate of drug-likeness (QED) is 0.287. The molecule has 3 heterocycles. The van der Waals surface area contributed by atoms with Crippen molar-refractivity contribution in [3.8, 4) is 28.8 Å². The average Bonchev–Trinajstić information content (AvgIpc) is 3.42. The van der Waals surface area contributed by atoms with E-state index >= 15 is 0 Å². The Morgan fingerprint density at radius 1 is 0.925 bits per heavy atom. The Morgan fingerprint density at radius 3 is 2.40 bits per heavy atom. The van der Waals surface area contributed by atoms with Gasteiger partial charge in [-0.1, -0.05) is 6.42 Å². The number of hydrogen-bond donors (Lipinski definition) is 1. The van der Waals surface area contributed by atoms with Crippen molar-refractivity contribution in [2.75, 3.05) is 40.5 Å². The summed E-state index contributed by atoms with van der Waals surface area (Å²) in [6, 6.07) is 14.8. The van der Waals surface area contributed by atoms with E-state index in [1.807, 2.05) is 6.07 Å². The van der Waals surface area contributed by atoms with Gasteiger partial charge >= 0.3 is 0 Å². The molecule has 0 radical (unpaired) electrons. The Balaban J connectivity index is 1.18. The molecule has 1 N–H and O–H groups in total. The lowest BCUT2D eigenvalue weighted by Gasteiger charge is -2.25. The summed E-state index contributed by atoms with van der Waals surface area (Å²) in [6.45, 7) is 1.44. The van der Waals surface area contributed by atoms with E-state index in [1.54, 1.807) is 43.0 Å². The molecule has 1 amide bonds. The summed E-state index contributed by atoms with van der Waals surface area (Å²) in [7, 11) is -0.419. The summed E-state index contributed by atoms with van der Waals surface area (Å²) < 4.78 is 45.1. The van der Waals surface area contributed by atoms with E-state index in [0.717, 1.165) is 24.8 Å². The number of rotatable bonds is 10. The van der Waals surface area contributed by atoms with E-state index in [-0.39, 0.29) is 24.0 Å². The zero-order valence-corrected chi connectivity index (χ0v) is 23.1. The molecule has 1 aliphatic rings. The summed E-state index contributed by atoms with van der Waals surface area (Å²) in [5.41, 5.74) is 1.63. The van der Waals surface area contributed by atoms with Gasteiger partial charge in [-0.05, 0) is 61.4 Å². The van der Waals surface area contributed by atoms with Crippen molar-refractivity contribution in [2.24, 2.45) is 0 Å². The lowest BCUT2D eigenvalue weighted by molar-refractivity contribution is 0.0946. The minimum Gasteiger partial charge on any atom is -0.493 e. The number of piperidine rings is 1. The van der Waals surface area contributed by atoms with Crippen LogP contribution in [0, 0.1) is 0 Å². The summed E-state index contributed by atoms with van der Waals surface area (Å²) in [4.78, 5) is 12.8. The van der Waals surface area contributed by atoms with Crippen molar-refractivity contribution in [2.45, 2.75) is 24.2 Å². The van der Waals surface area contributed by atoms with Crippen LogP contribution in [0.4, 0.5) is 0 Å². The zero-order valence-electron chi connectivity index (χ0n) is 22.2. The van der Waals surface area contributed by atoms with Gasteiger partial charge < -0.3 is 19.5 Å². The van der Waals surface area contributed by atoms with Gasteiger partial charge in [-0.25, -0.2) is 8.42 Å². The third-order valence-electron chi connectivity index (χ3n) is 6.59. The first-order valence-corrected chi connectivity index (χ1v) is 14.3. The van der Waals surface area contributed by atoms with Crippen LogP contribution in [0.5, 0.6) is 17.4 Å². The number of amides is 1. The number of sulfonamides is 1. The maximum Gasteiger partial charge on any atom is 0.251 e. The van der Waals surface area contributed by atoms with Gasteiger partial charge in [0.05, 0.1) is 25.7 Å². The molecule has 5 rings (SSSR count). The molecule has 4 aromatic rings. The van der Waals surface area contributed by atoms with Gasteiger partial charge in [-0.3, -0.25) is 4.79 Å². The number of carbonyl (C=O) groups excluding carboxylic acids is 1. The van der Waals surface area contributed by atoms with Crippen LogP contribution in [0.3, 0.4) is 0 Å². The van der Waals surface area contributed by atoms with E-state index in [1.165, 1.54) is 28.6 Å². The number of ether oxygens (including phenoxy) is 3. The van der Waals surface area contributed by atoms with Crippen LogP contribution < -0.4 is 19.5 Å². The van der Waals surface area contributed by atoms with E-state index < -0.39 is 10.0 Å². The molecule has 1 aliphatic heterocycles. The molecule has 0 saturated carbocycles. The Labute approximate surface area is 231 Å². The van der Waals surface area contributed by atoms with Gasteiger partial charge in [0.2, 0.25) is 15.9 Å². The maximum atomic E-state index is 12.8. The molecule has 1 saturated heterocycles. The molecule has 12 nitrogen and oxygen atoms in total. The second-order valence-electron chi connectivity index (χ2n) is 9.13. The number of benzene rings is 2. The van der Waals surface area contributed by atoms with E-state index in [2.05, 4.69) is 20.6 Å². The van der Waals surface area contributed by atoms with Gasteiger partial charge in [0.25, 0.3) is 5.91 Å². The minimum absolute atomic E-state index is 0.166. The summed E-state index contributed by atoms with van der Waals surface area (Å²) in [5.74, 6) is 1.65. The molecule has 13 heteroatoms. The summed E-state index contributed by atoms with van der Waals surface area (Å²) >= 11 is 0. The van der Waals surface area contributed by atoms with Gasteiger partial charge in [0.1, 0.15) is 6.61 Å². The highest BCUT2D eigenvalue weighted by atomic mass is 32.2. The highest BCUT2D eigenvalue weighted by Gasteiger charge is 2.26. The van der Waals surface area contributed by atoms with Crippen molar-refractivity contribution in [1.82, 2.24) is 29.4 Å². The molecule has 0 atom stereocenters. The topological polar surface area (TPSA) is 137 Å². The van der Waals surface area contributed by atoms with E-state index in [4.69, 9.17) is 14.2 Å². The van der Waals surface area contributed by atoms with Crippen LogP contribution >= 0.6 is 0 Å². The molecule has 2 aromatic heterocycles. The number of methoxy groups -OCH3 is 2. The molecule has 1 fully saturated rings. The fourth-order valence-corrected chi connectivity index (χ4v) is 5.98. The number of hydrogen-bond acceptors (Lipinski definition) is 9.